The Bertz CT molecular complexity index is 814. The number of thiazole rings is 1. The summed E-state index contributed by atoms with van der Waals surface area (Å²) in [5.41, 5.74) is 2.41. The van der Waals surface area contributed by atoms with Gasteiger partial charge in [-0.15, -0.1) is 11.3 Å². The molecule has 0 spiro atoms. The van der Waals surface area contributed by atoms with Crippen molar-refractivity contribution >= 4 is 22.4 Å². The number of amides is 1. The van der Waals surface area contributed by atoms with Crippen molar-refractivity contribution in [1.29, 1.82) is 0 Å². The molecule has 2 heterocycles. The molecule has 0 saturated carbocycles. The summed E-state index contributed by atoms with van der Waals surface area (Å²) in [7, 11) is 1.63. The number of hydrogen-bond acceptors (Lipinski definition) is 5. The molecule has 6 heteroatoms. The molecule has 1 N–H and O–H groups in total. The summed E-state index contributed by atoms with van der Waals surface area (Å²) in [6.45, 7) is 1.99. The maximum absolute atomic E-state index is 12.2. The lowest BCUT2D eigenvalue weighted by atomic mass is 10.1. The number of carbonyl (C=O) groups excluding carboxylic acids is 1. The van der Waals surface area contributed by atoms with Gasteiger partial charge >= 0.3 is 0 Å². The zero-order valence-corrected chi connectivity index (χ0v) is 13.6. The average Bonchev–Trinajstić information content (AvgIpc) is 2.96. The summed E-state index contributed by atoms with van der Waals surface area (Å²) in [5.74, 6) is 0.607. The van der Waals surface area contributed by atoms with Gasteiger partial charge in [-0.1, -0.05) is 0 Å². The molecule has 0 bridgehead atoms. The number of methoxy groups -OCH3 is 1. The van der Waals surface area contributed by atoms with Gasteiger partial charge in [-0.2, -0.15) is 0 Å². The molecule has 3 rings (SSSR count). The van der Waals surface area contributed by atoms with Crippen molar-refractivity contribution in [2.45, 2.75) is 6.92 Å². The van der Waals surface area contributed by atoms with Crippen LogP contribution in [0.15, 0.2) is 48.8 Å². The highest BCUT2D eigenvalue weighted by molar-refractivity contribution is 7.16. The molecule has 1 amide bonds. The highest BCUT2D eigenvalue weighted by Gasteiger charge is 2.13. The van der Waals surface area contributed by atoms with E-state index in [1.807, 2.05) is 31.2 Å². The van der Waals surface area contributed by atoms with Crippen LogP contribution in [0.3, 0.4) is 0 Å². The number of nitrogens with one attached hydrogen (secondary N) is 1. The first-order chi connectivity index (χ1) is 11.2. The molecule has 5 nitrogen and oxygen atoms in total. The normalized spacial score (nSPS) is 10.3. The van der Waals surface area contributed by atoms with Crippen molar-refractivity contribution in [3.63, 3.8) is 0 Å². The van der Waals surface area contributed by atoms with Gasteiger partial charge in [-0.3, -0.25) is 15.1 Å². The van der Waals surface area contributed by atoms with Crippen molar-refractivity contribution in [2.75, 3.05) is 12.4 Å². The summed E-state index contributed by atoms with van der Waals surface area (Å²) in [6, 6.07) is 11.0. The minimum atomic E-state index is -0.192. The number of carbonyl (C=O) groups is 1. The van der Waals surface area contributed by atoms with Gasteiger partial charge in [0.25, 0.3) is 5.91 Å². The van der Waals surface area contributed by atoms with Crippen molar-refractivity contribution < 1.29 is 9.53 Å². The minimum Gasteiger partial charge on any atom is -0.497 e. The summed E-state index contributed by atoms with van der Waals surface area (Å²) >= 11 is 1.45. The van der Waals surface area contributed by atoms with Crippen LogP contribution in [0.25, 0.3) is 11.3 Å². The van der Waals surface area contributed by atoms with Crippen molar-refractivity contribution in [1.82, 2.24) is 9.97 Å². The van der Waals surface area contributed by atoms with Gasteiger partial charge in [0.05, 0.1) is 12.8 Å². The molecule has 0 unspecified atom stereocenters. The lowest BCUT2D eigenvalue weighted by Crippen LogP contribution is -2.11. The Morgan fingerprint density at radius 1 is 1.13 bits per heavy atom. The molecule has 0 saturated heterocycles. The topological polar surface area (TPSA) is 64.1 Å². The van der Waals surface area contributed by atoms with Crippen LogP contribution in [0.5, 0.6) is 5.75 Å². The van der Waals surface area contributed by atoms with Crippen LogP contribution < -0.4 is 10.1 Å². The number of benzene rings is 1. The van der Waals surface area contributed by atoms with E-state index in [4.69, 9.17) is 4.74 Å². The Hall–Kier alpha value is -2.73. The summed E-state index contributed by atoms with van der Waals surface area (Å²) in [5, 5.41) is 3.41. The third kappa shape index (κ3) is 3.37. The largest absolute Gasteiger partial charge is 0.497 e. The van der Waals surface area contributed by atoms with E-state index in [0.29, 0.717) is 10.7 Å². The Kier molecular flexibility index (Phi) is 4.34. The number of nitrogens with zero attached hydrogens (tertiary/aromatic N) is 2. The molecule has 0 aliphatic heterocycles. The lowest BCUT2D eigenvalue weighted by Gasteiger charge is -2.02. The maximum Gasteiger partial charge on any atom is 0.257 e. The van der Waals surface area contributed by atoms with E-state index in [0.717, 1.165) is 21.9 Å². The first-order valence-electron chi connectivity index (χ1n) is 7.00. The first kappa shape index (κ1) is 15.2. The molecule has 116 valence electrons. The fourth-order valence-corrected chi connectivity index (χ4v) is 2.97. The number of aromatic nitrogens is 2. The van der Waals surface area contributed by atoms with Crippen molar-refractivity contribution in [3.8, 4) is 17.0 Å². The second-order valence-electron chi connectivity index (χ2n) is 4.84. The van der Waals surface area contributed by atoms with E-state index < -0.39 is 0 Å². The second kappa shape index (κ2) is 6.58. The standard InChI is InChI=1S/C17H15N3O2S/c1-11-15(12-3-5-14(22-2)6-4-12)19-17(23-11)20-16(21)13-7-9-18-10-8-13/h3-10H,1-2H3,(H,19,20,21). The molecule has 2 aromatic heterocycles. The Morgan fingerprint density at radius 3 is 2.48 bits per heavy atom. The molecule has 0 aliphatic carbocycles. The van der Waals surface area contributed by atoms with Crippen LogP contribution in [0.2, 0.25) is 0 Å². The smallest absolute Gasteiger partial charge is 0.257 e. The Morgan fingerprint density at radius 2 is 1.83 bits per heavy atom. The molecular formula is C17H15N3O2S. The molecule has 0 radical (unpaired) electrons. The third-order valence-electron chi connectivity index (χ3n) is 3.32. The maximum atomic E-state index is 12.2. The molecule has 0 atom stereocenters. The highest BCUT2D eigenvalue weighted by Crippen LogP contribution is 2.31. The fourth-order valence-electron chi connectivity index (χ4n) is 2.14. The van der Waals surface area contributed by atoms with Crippen LogP contribution >= 0.6 is 11.3 Å². The second-order valence-corrected chi connectivity index (χ2v) is 6.05. The number of hydrogen-bond donors (Lipinski definition) is 1. The molecule has 3 aromatic rings. The van der Waals surface area contributed by atoms with Gasteiger partial charge in [0.15, 0.2) is 5.13 Å². The Labute approximate surface area is 138 Å². The van der Waals surface area contributed by atoms with E-state index in [1.54, 1.807) is 31.6 Å². The number of aryl methyl sites for hydroxylation is 1. The quantitative estimate of drug-likeness (QED) is 0.793. The van der Waals surface area contributed by atoms with Crippen molar-refractivity contribution in [2.24, 2.45) is 0 Å². The van der Waals surface area contributed by atoms with Crippen molar-refractivity contribution in [3.05, 3.63) is 59.2 Å². The molecule has 23 heavy (non-hydrogen) atoms. The molecular weight excluding hydrogens is 310 g/mol. The summed E-state index contributed by atoms with van der Waals surface area (Å²) < 4.78 is 5.16. The van der Waals surface area contributed by atoms with Gasteiger partial charge in [0, 0.05) is 28.4 Å². The van der Waals surface area contributed by atoms with Crippen LogP contribution in [0.4, 0.5) is 5.13 Å². The van der Waals surface area contributed by atoms with Crippen LogP contribution in [-0.4, -0.2) is 23.0 Å². The SMILES string of the molecule is COc1ccc(-c2nc(NC(=O)c3ccncc3)sc2C)cc1. The average molecular weight is 325 g/mol. The minimum absolute atomic E-state index is 0.192. The summed E-state index contributed by atoms with van der Waals surface area (Å²) in [4.78, 5) is 21.6. The van der Waals surface area contributed by atoms with Gasteiger partial charge < -0.3 is 4.74 Å². The third-order valence-corrected chi connectivity index (χ3v) is 4.21. The van der Waals surface area contributed by atoms with E-state index >= 15 is 0 Å². The number of rotatable bonds is 4. The number of pyridine rings is 1. The van der Waals surface area contributed by atoms with E-state index in [-0.39, 0.29) is 5.91 Å². The lowest BCUT2D eigenvalue weighted by molar-refractivity contribution is 0.102. The number of anilines is 1. The predicted octanol–water partition coefficient (Wildman–Crippen LogP) is 3.77. The zero-order chi connectivity index (χ0) is 16.2. The Balaban J connectivity index is 1.81. The van der Waals surface area contributed by atoms with Gasteiger partial charge in [0.1, 0.15) is 5.75 Å². The van der Waals surface area contributed by atoms with Crippen LogP contribution in [0, 0.1) is 6.92 Å². The van der Waals surface area contributed by atoms with E-state index in [2.05, 4.69) is 15.3 Å². The first-order valence-corrected chi connectivity index (χ1v) is 7.82. The van der Waals surface area contributed by atoms with Gasteiger partial charge in [-0.25, -0.2) is 4.98 Å². The number of ether oxygens (including phenoxy) is 1. The zero-order valence-electron chi connectivity index (χ0n) is 12.7. The highest BCUT2D eigenvalue weighted by atomic mass is 32.1. The van der Waals surface area contributed by atoms with Crippen LogP contribution in [-0.2, 0) is 0 Å². The predicted molar refractivity (Wildman–Crippen MR) is 91.0 cm³/mol. The van der Waals surface area contributed by atoms with Gasteiger partial charge in [-0.05, 0) is 43.3 Å². The van der Waals surface area contributed by atoms with Gasteiger partial charge in [0.2, 0.25) is 0 Å². The molecule has 1 aromatic carbocycles. The van der Waals surface area contributed by atoms with E-state index in [9.17, 15) is 4.79 Å². The van der Waals surface area contributed by atoms with Crippen LogP contribution in [0.1, 0.15) is 15.2 Å². The summed E-state index contributed by atoms with van der Waals surface area (Å²) in [6.07, 6.45) is 3.18. The fraction of sp³-hybridized carbons (Fsp3) is 0.118. The monoisotopic (exact) mass is 325 g/mol. The molecule has 0 aliphatic rings. The molecule has 0 fully saturated rings. The van der Waals surface area contributed by atoms with E-state index in [1.165, 1.54) is 11.3 Å².